The highest BCUT2D eigenvalue weighted by Gasteiger charge is 2.46. The number of imide groups is 1. The third-order valence-electron chi connectivity index (χ3n) is 4.07. The summed E-state index contributed by atoms with van der Waals surface area (Å²) < 4.78 is 37.7. The van der Waals surface area contributed by atoms with E-state index in [1.165, 1.54) is 32.2 Å². The molecule has 0 spiro atoms. The number of sulfonamides is 1. The second-order valence-corrected chi connectivity index (χ2v) is 7.61. The van der Waals surface area contributed by atoms with Crippen LogP contribution in [0.1, 0.15) is 12.7 Å². The number of hydrogen-bond donors (Lipinski definition) is 4. The first-order valence-electron chi connectivity index (χ1n) is 7.54. The summed E-state index contributed by atoms with van der Waals surface area (Å²) in [6.07, 6.45) is 0. The van der Waals surface area contributed by atoms with Crippen LogP contribution in [0.4, 0.5) is 4.79 Å². The molecule has 1 aliphatic rings. The number of furan rings is 1. The average Bonchev–Trinajstić information content (AvgIpc) is 3.14. The van der Waals surface area contributed by atoms with Gasteiger partial charge in [0.15, 0.2) is 16.9 Å². The standard InChI is InChI=1S/C15H15N3O8S/c1-15(13(21)17-14(22)18-15)10-5-7-9(27(23,24)16-6-11(19)20)4-3-8(25-2)12(7)26-10/h3-5,16H,6H2,1-2H3,(H,19,20)(H2,17,18,21,22). The summed E-state index contributed by atoms with van der Waals surface area (Å²) in [6, 6.07) is 3.13. The van der Waals surface area contributed by atoms with Crippen LogP contribution in [-0.2, 0) is 25.2 Å². The smallest absolute Gasteiger partial charge is 0.322 e. The third kappa shape index (κ3) is 3.08. The van der Waals surface area contributed by atoms with Crippen molar-refractivity contribution in [2.75, 3.05) is 13.7 Å². The summed E-state index contributed by atoms with van der Waals surface area (Å²) >= 11 is 0. The quantitative estimate of drug-likeness (QED) is 0.489. The second kappa shape index (κ2) is 6.25. The lowest BCUT2D eigenvalue weighted by Gasteiger charge is -2.16. The molecular formula is C15H15N3O8S. The molecule has 2 aromatic rings. The van der Waals surface area contributed by atoms with E-state index in [0.29, 0.717) is 0 Å². The largest absolute Gasteiger partial charge is 0.493 e. The molecule has 144 valence electrons. The highest BCUT2D eigenvalue weighted by Crippen LogP contribution is 2.37. The lowest BCUT2D eigenvalue weighted by atomic mass is 9.99. The van der Waals surface area contributed by atoms with E-state index in [0.717, 1.165) is 0 Å². The van der Waals surface area contributed by atoms with Crippen LogP contribution in [0.15, 0.2) is 27.5 Å². The Hall–Kier alpha value is -3.12. The molecule has 4 N–H and O–H groups in total. The molecule has 0 bridgehead atoms. The molecule has 1 unspecified atom stereocenters. The van der Waals surface area contributed by atoms with E-state index >= 15 is 0 Å². The van der Waals surface area contributed by atoms with E-state index in [4.69, 9.17) is 14.3 Å². The van der Waals surface area contributed by atoms with Crippen molar-refractivity contribution in [3.8, 4) is 5.75 Å². The van der Waals surface area contributed by atoms with Crippen LogP contribution >= 0.6 is 0 Å². The van der Waals surface area contributed by atoms with Gasteiger partial charge in [-0.05, 0) is 25.1 Å². The Morgan fingerprint density at radius 1 is 1.37 bits per heavy atom. The summed E-state index contributed by atoms with van der Waals surface area (Å²) in [6.45, 7) is 0.588. The molecule has 3 amide bonds. The molecule has 1 aliphatic heterocycles. The average molecular weight is 397 g/mol. The maximum Gasteiger partial charge on any atom is 0.322 e. The van der Waals surface area contributed by atoms with Crippen molar-refractivity contribution in [2.24, 2.45) is 0 Å². The van der Waals surface area contributed by atoms with Gasteiger partial charge in [0.1, 0.15) is 12.3 Å². The number of methoxy groups -OCH3 is 1. The van der Waals surface area contributed by atoms with Crippen LogP contribution in [0.25, 0.3) is 11.0 Å². The van der Waals surface area contributed by atoms with Crippen molar-refractivity contribution in [3.05, 3.63) is 24.0 Å². The number of carbonyl (C=O) groups excluding carboxylic acids is 2. The Labute approximate surface area is 152 Å². The van der Waals surface area contributed by atoms with Gasteiger partial charge in [-0.2, -0.15) is 4.72 Å². The first kappa shape index (κ1) is 18.7. The molecule has 2 heterocycles. The van der Waals surface area contributed by atoms with Crippen molar-refractivity contribution in [2.45, 2.75) is 17.4 Å². The summed E-state index contributed by atoms with van der Waals surface area (Å²) in [5, 5.41) is 13.3. The van der Waals surface area contributed by atoms with E-state index in [9.17, 15) is 22.8 Å². The van der Waals surface area contributed by atoms with Crippen LogP contribution in [0.3, 0.4) is 0 Å². The predicted molar refractivity (Wildman–Crippen MR) is 89.6 cm³/mol. The van der Waals surface area contributed by atoms with Gasteiger partial charge in [-0.15, -0.1) is 0 Å². The Bertz CT molecular complexity index is 1070. The minimum absolute atomic E-state index is 0.0139. The molecule has 11 nitrogen and oxygen atoms in total. The maximum atomic E-state index is 12.5. The monoisotopic (exact) mass is 397 g/mol. The zero-order valence-electron chi connectivity index (χ0n) is 14.2. The van der Waals surface area contributed by atoms with E-state index in [1.807, 2.05) is 4.72 Å². The maximum absolute atomic E-state index is 12.5. The second-order valence-electron chi connectivity index (χ2n) is 5.87. The lowest BCUT2D eigenvalue weighted by Crippen LogP contribution is -2.40. The fraction of sp³-hybridized carbons (Fsp3) is 0.267. The van der Waals surface area contributed by atoms with Gasteiger partial charge in [-0.25, -0.2) is 13.2 Å². The molecule has 0 saturated carbocycles. The van der Waals surface area contributed by atoms with Crippen molar-refractivity contribution in [1.82, 2.24) is 15.4 Å². The highest BCUT2D eigenvalue weighted by molar-refractivity contribution is 7.89. The zero-order valence-corrected chi connectivity index (χ0v) is 15.0. The fourth-order valence-corrected chi connectivity index (χ4v) is 3.82. The first-order valence-corrected chi connectivity index (χ1v) is 9.03. The van der Waals surface area contributed by atoms with Crippen molar-refractivity contribution in [1.29, 1.82) is 0 Å². The number of rotatable bonds is 6. The van der Waals surface area contributed by atoms with E-state index in [-0.39, 0.29) is 27.4 Å². The molecule has 27 heavy (non-hydrogen) atoms. The van der Waals surface area contributed by atoms with Crippen LogP contribution in [-0.4, -0.2) is 45.1 Å². The predicted octanol–water partition coefficient (Wildman–Crippen LogP) is -0.141. The molecule has 0 aliphatic carbocycles. The minimum Gasteiger partial charge on any atom is -0.493 e. The van der Waals surface area contributed by atoms with E-state index < -0.39 is 40.0 Å². The molecular weight excluding hydrogens is 382 g/mol. The lowest BCUT2D eigenvalue weighted by molar-refractivity contribution is -0.135. The first-order chi connectivity index (χ1) is 12.6. The summed E-state index contributed by atoms with van der Waals surface area (Å²) in [5.41, 5.74) is -1.52. The zero-order chi connectivity index (χ0) is 20.0. The van der Waals surface area contributed by atoms with Crippen LogP contribution < -0.4 is 20.1 Å². The highest BCUT2D eigenvalue weighted by atomic mass is 32.2. The number of carboxylic acid groups (broad SMARTS) is 1. The topological polar surface area (TPSA) is 164 Å². The number of hydrogen-bond acceptors (Lipinski definition) is 7. The Kier molecular flexibility index (Phi) is 4.32. The van der Waals surface area contributed by atoms with E-state index in [2.05, 4.69) is 10.6 Å². The summed E-state index contributed by atoms with van der Waals surface area (Å²) in [5.74, 6) is -1.84. The van der Waals surface area contributed by atoms with Gasteiger partial charge in [0.25, 0.3) is 5.91 Å². The van der Waals surface area contributed by atoms with Crippen molar-refractivity contribution >= 4 is 38.9 Å². The number of carbonyl (C=O) groups is 3. The number of ether oxygens (including phenoxy) is 1. The number of carboxylic acids is 1. The molecule has 1 atom stereocenters. The Morgan fingerprint density at radius 3 is 2.63 bits per heavy atom. The molecule has 1 fully saturated rings. The number of nitrogens with one attached hydrogen (secondary N) is 3. The molecule has 3 rings (SSSR count). The van der Waals surface area contributed by atoms with Gasteiger partial charge in [0, 0.05) is 5.39 Å². The molecule has 0 radical (unpaired) electrons. The Balaban J connectivity index is 2.18. The molecule has 1 saturated heterocycles. The van der Waals surface area contributed by atoms with Gasteiger partial charge >= 0.3 is 12.0 Å². The molecule has 12 heteroatoms. The SMILES string of the molecule is COc1ccc(S(=O)(=O)NCC(=O)O)c2cc(C3(C)NC(=O)NC3=O)oc12. The fourth-order valence-electron chi connectivity index (χ4n) is 2.67. The van der Waals surface area contributed by atoms with Crippen LogP contribution in [0.2, 0.25) is 0 Å². The van der Waals surface area contributed by atoms with E-state index in [1.54, 1.807) is 0 Å². The summed E-state index contributed by atoms with van der Waals surface area (Å²) in [4.78, 5) is 34.0. The normalized spacial score (nSPS) is 19.8. The molecule has 1 aromatic heterocycles. The third-order valence-corrected chi connectivity index (χ3v) is 5.53. The van der Waals surface area contributed by atoms with Gasteiger partial charge in [0.05, 0.1) is 12.0 Å². The molecule has 1 aromatic carbocycles. The number of benzene rings is 1. The van der Waals surface area contributed by atoms with Crippen LogP contribution in [0.5, 0.6) is 5.75 Å². The minimum atomic E-state index is -4.20. The van der Waals surface area contributed by atoms with Gasteiger partial charge in [-0.1, -0.05) is 0 Å². The van der Waals surface area contributed by atoms with Crippen molar-refractivity contribution in [3.63, 3.8) is 0 Å². The van der Waals surface area contributed by atoms with Crippen molar-refractivity contribution < 1.29 is 37.1 Å². The number of aliphatic carboxylic acids is 1. The number of fused-ring (bicyclic) bond motifs is 1. The number of urea groups is 1. The van der Waals surface area contributed by atoms with Gasteiger partial charge in [-0.3, -0.25) is 14.9 Å². The van der Waals surface area contributed by atoms with Gasteiger partial charge < -0.3 is 19.6 Å². The van der Waals surface area contributed by atoms with Gasteiger partial charge in [0.2, 0.25) is 10.0 Å². The van der Waals surface area contributed by atoms with Crippen LogP contribution in [0, 0.1) is 0 Å². The number of amides is 3. The summed E-state index contributed by atoms with van der Waals surface area (Å²) in [7, 11) is -2.85. The Morgan fingerprint density at radius 2 is 2.07 bits per heavy atom.